The van der Waals surface area contributed by atoms with Gasteiger partial charge in [-0.1, -0.05) is 22.0 Å². The summed E-state index contributed by atoms with van der Waals surface area (Å²) in [5, 5.41) is 3.39. The van der Waals surface area contributed by atoms with Gasteiger partial charge in [-0.25, -0.2) is 8.42 Å². The van der Waals surface area contributed by atoms with Crippen LogP contribution in [0.3, 0.4) is 0 Å². The Balaban J connectivity index is 1.78. The fourth-order valence-electron chi connectivity index (χ4n) is 1.93. The number of aryl methyl sites for hydroxylation is 1. The summed E-state index contributed by atoms with van der Waals surface area (Å²) in [5.74, 6) is 0.172. The molecule has 0 radical (unpaired) electrons. The maximum atomic E-state index is 12.0. The summed E-state index contributed by atoms with van der Waals surface area (Å²) in [4.78, 5) is 0. The molecule has 1 fully saturated rings. The zero-order valence-electron chi connectivity index (χ0n) is 11.7. The number of hydrogen-bond donors (Lipinski definition) is 2. The number of anilines is 1. The predicted octanol–water partition coefficient (Wildman–Crippen LogP) is 3.03. The van der Waals surface area contributed by atoms with Gasteiger partial charge in [-0.2, -0.15) is 0 Å². The number of benzene rings is 1. The Morgan fingerprint density at radius 1 is 1.30 bits per heavy atom. The molecule has 1 aliphatic rings. The lowest BCUT2D eigenvalue weighted by atomic mass is 10.2. The maximum Gasteiger partial charge on any atom is 0.232 e. The Kier molecular flexibility index (Phi) is 5.46. The largest absolute Gasteiger partial charge is 0.314 e. The monoisotopic (exact) mass is 360 g/mol. The van der Waals surface area contributed by atoms with Crippen LogP contribution in [0.5, 0.6) is 0 Å². The molecule has 2 N–H and O–H groups in total. The van der Waals surface area contributed by atoms with E-state index in [1.165, 1.54) is 12.8 Å². The number of unbranched alkanes of at least 4 members (excludes halogenated alkanes) is 1. The Morgan fingerprint density at radius 3 is 2.75 bits per heavy atom. The van der Waals surface area contributed by atoms with E-state index in [1.807, 2.05) is 19.1 Å². The molecule has 1 aliphatic carbocycles. The summed E-state index contributed by atoms with van der Waals surface area (Å²) in [5.41, 5.74) is 1.57. The molecule has 2 rings (SSSR count). The quantitative estimate of drug-likeness (QED) is 0.700. The summed E-state index contributed by atoms with van der Waals surface area (Å²) in [6.07, 6.45) is 4.11. The number of sulfonamides is 1. The highest BCUT2D eigenvalue weighted by atomic mass is 79.9. The fourth-order valence-corrected chi connectivity index (χ4v) is 3.54. The lowest BCUT2D eigenvalue weighted by molar-refractivity contribution is 0.591. The zero-order valence-corrected chi connectivity index (χ0v) is 14.1. The first kappa shape index (κ1) is 15.8. The summed E-state index contributed by atoms with van der Waals surface area (Å²) in [7, 11) is -3.26. The Morgan fingerprint density at radius 2 is 2.05 bits per heavy atom. The third kappa shape index (κ3) is 5.42. The van der Waals surface area contributed by atoms with E-state index >= 15 is 0 Å². The second-order valence-corrected chi connectivity index (χ2v) is 8.07. The first-order valence-electron chi connectivity index (χ1n) is 6.96. The molecule has 4 nitrogen and oxygen atoms in total. The average molecular weight is 361 g/mol. The molecular weight excluding hydrogens is 340 g/mol. The molecule has 0 amide bonds. The average Bonchev–Trinajstić information content (AvgIpc) is 3.17. The van der Waals surface area contributed by atoms with Crippen LogP contribution in [0.15, 0.2) is 22.7 Å². The van der Waals surface area contributed by atoms with Gasteiger partial charge >= 0.3 is 0 Å². The van der Waals surface area contributed by atoms with Crippen LogP contribution in [0.1, 0.15) is 31.2 Å². The van der Waals surface area contributed by atoms with Crippen LogP contribution in [-0.4, -0.2) is 26.8 Å². The van der Waals surface area contributed by atoms with Crippen molar-refractivity contribution >= 4 is 31.6 Å². The maximum absolute atomic E-state index is 12.0. The zero-order chi connectivity index (χ0) is 14.6. The van der Waals surface area contributed by atoms with Crippen molar-refractivity contribution in [2.75, 3.05) is 17.0 Å². The molecule has 1 aromatic carbocycles. The third-order valence-electron chi connectivity index (χ3n) is 3.32. The molecule has 0 heterocycles. The standard InChI is InChI=1S/C14H21BrN2O2S/c1-11-4-5-12(15)10-14(11)17-20(18,19)9-3-2-8-16-13-6-7-13/h4-5,10,13,16-17H,2-3,6-9H2,1H3. The molecule has 1 aromatic rings. The normalized spacial score (nSPS) is 15.3. The highest BCUT2D eigenvalue weighted by Crippen LogP contribution is 2.22. The van der Waals surface area contributed by atoms with E-state index in [0.717, 1.165) is 23.0 Å². The smallest absolute Gasteiger partial charge is 0.232 e. The molecule has 112 valence electrons. The van der Waals surface area contributed by atoms with Crippen molar-refractivity contribution in [3.63, 3.8) is 0 Å². The number of nitrogens with one attached hydrogen (secondary N) is 2. The first-order chi connectivity index (χ1) is 9.46. The third-order valence-corrected chi connectivity index (χ3v) is 5.17. The summed E-state index contributed by atoms with van der Waals surface area (Å²) < 4.78 is 27.6. The van der Waals surface area contributed by atoms with Crippen molar-refractivity contribution in [2.45, 2.75) is 38.6 Å². The Hall–Kier alpha value is -0.590. The van der Waals surface area contributed by atoms with Crippen molar-refractivity contribution < 1.29 is 8.42 Å². The molecule has 1 saturated carbocycles. The molecule has 0 saturated heterocycles. The van der Waals surface area contributed by atoms with Gasteiger partial charge in [-0.05, 0) is 56.8 Å². The second-order valence-electron chi connectivity index (χ2n) is 5.32. The van der Waals surface area contributed by atoms with Gasteiger partial charge in [-0.3, -0.25) is 4.72 Å². The van der Waals surface area contributed by atoms with E-state index in [2.05, 4.69) is 26.0 Å². The molecule has 0 atom stereocenters. The summed E-state index contributed by atoms with van der Waals surface area (Å²) in [6.45, 7) is 2.81. The van der Waals surface area contributed by atoms with Gasteiger partial charge in [0.2, 0.25) is 10.0 Å². The van der Waals surface area contributed by atoms with Crippen molar-refractivity contribution in [3.8, 4) is 0 Å². The molecule has 0 bridgehead atoms. The van der Waals surface area contributed by atoms with Crippen LogP contribution in [0, 0.1) is 6.92 Å². The van der Waals surface area contributed by atoms with E-state index in [1.54, 1.807) is 6.07 Å². The van der Waals surface area contributed by atoms with Gasteiger partial charge < -0.3 is 5.32 Å². The highest BCUT2D eigenvalue weighted by molar-refractivity contribution is 9.10. The molecular formula is C14H21BrN2O2S. The van der Waals surface area contributed by atoms with Crippen LogP contribution in [-0.2, 0) is 10.0 Å². The van der Waals surface area contributed by atoms with Gasteiger partial charge in [0, 0.05) is 10.5 Å². The minimum absolute atomic E-state index is 0.172. The SMILES string of the molecule is Cc1ccc(Br)cc1NS(=O)(=O)CCCCNC1CC1. The van der Waals surface area contributed by atoms with Crippen molar-refractivity contribution in [1.29, 1.82) is 0 Å². The van der Waals surface area contributed by atoms with Crippen molar-refractivity contribution in [3.05, 3.63) is 28.2 Å². The summed E-state index contributed by atoms with van der Waals surface area (Å²) >= 11 is 3.35. The first-order valence-corrected chi connectivity index (χ1v) is 9.41. The van der Waals surface area contributed by atoms with Gasteiger partial charge in [-0.15, -0.1) is 0 Å². The van der Waals surface area contributed by atoms with E-state index < -0.39 is 10.0 Å². The highest BCUT2D eigenvalue weighted by Gasteiger charge is 2.19. The molecule has 0 spiro atoms. The van der Waals surface area contributed by atoms with Gasteiger partial charge in [0.05, 0.1) is 11.4 Å². The van der Waals surface area contributed by atoms with E-state index in [-0.39, 0.29) is 5.75 Å². The predicted molar refractivity (Wildman–Crippen MR) is 86.5 cm³/mol. The van der Waals surface area contributed by atoms with E-state index in [4.69, 9.17) is 0 Å². The molecule has 0 aromatic heterocycles. The van der Waals surface area contributed by atoms with Crippen LogP contribution in [0.2, 0.25) is 0 Å². The Bertz CT molecular complexity index is 556. The number of halogens is 1. The van der Waals surface area contributed by atoms with Gasteiger partial charge in [0.1, 0.15) is 0 Å². The van der Waals surface area contributed by atoms with Crippen molar-refractivity contribution in [1.82, 2.24) is 5.32 Å². The van der Waals surface area contributed by atoms with E-state index in [0.29, 0.717) is 18.2 Å². The molecule has 0 unspecified atom stereocenters. The number of hydrogen-bond acceptors (Lipinski definition) is 3. The Labute approximate surface area is 129 Å². The van der Waals surface area contributed by atoms with Crippen molar-refractivity contribution in [2.24, 2.45) is 0 Å². The lowest BCUT2D eigenvalue weighted by Gasteiger charge is -2.11. The lowest BCUT2D eigenvalue weighted by Crippen LogP contribution is -2.20. The molecule has 0 aliphatic heterocycles. The molecule has 6 heteroatoms. The summed E-state index contributed by atoms with van der Waals surface area (Å²) in [6, 6.07) is 6.27. The van der Waals surface area contributed by atoms with Crippen LogP contribution < -0.4 is 10.0 Å². The van der Waals surface area contributed by atoms with E-state index in [9.17, 15) is 8.42 Å². The van der Waals surface area contributed by atoms with Gasteiger partial charge in [0.25, 0.3) is 0 Å². The van der Waals surface area contributed by atoms with Crippen LogP contribution >= 0.6 is 15.9 Å². The second kappa shape index (κ2) is 6.91. The number of rotatable bonds is 8. The van der Waals surface area contributed by atoms with Gasteiger partial charge in [0.15, 0.2) is 0 Å². The molecule has 20 heavy (non-hydrogen) atoms. The topological polar surface area (TPSA) is 58.2 Å². The minimum Gasteiger partial charge on any atom is -0.314 e. The van der Waals surface area contributed by atoms with Crippen LogP contribution in [0.4, 0.5) is 5.69 Å². The fraction of sp³-hybridized carbons (Fsp3) is 0.571. The minimum atomic E-state index is -3.26. The van der Waals surface area contributed by atoms with Crippen LogP contribution in [0.25, 0.3) is 0 Å².